The summed E-state index contributed by atoms with van der Waals surface area (Å²) in [5.41, 5.74) is 1.86. The lowest BCUT2D eigenvalue weighted by molar-refractivity contribution is 0.0484. The van der Waals surface area contributed by atoms with E-state index in [4.69, 9.17) is 23.6 Å². The van der Waals surface area contributed by atoms with Gasteiger partial charge < -0.3 is 28.4 Å². The number of nitrogens with zero attached hydrogens (tertiary/aromatic N) is 3. The summed E-state index contributed by atoms with van der Waals surface area (Å²) in [6.07, 6.45) is 3.54. The molecule has 1 aromatic carbocycles. The third kappa shape index (κ3) is 4.82. The van der Waals surface area contributed by atoms with Gasteiger partial charge in [-0.3, -0.25) is 4.79 Å². The zero-order chi connectivity index (χ0) is 22.6. The fourth-order valence-corrected chi connectivity index (χ4v) is 4.49. The summed E-state index contributed by atoms with van der Waals surface area (Å²) in [6, 6.07) is 11.5. The number of anilines is 1. The van der Waals surface area contributed by atoms with Crippen molar-refractivity contribution < 1.29 is 23.4 Å². The highest BCUT2D eigenvalue weighted by Crippen LogP contribution is 2.29. The number of morpholine rings is 1. The van der Waals surface area contributed by atoms with E-state index in [0.717, 1.165) is 60.6 Å². The Bertz CT molecular complexity index is 1090. The summed E-state index contributed by atoms with van der Waals surface area (Å²) in [6.45, 7) is 4.50. The van der Waals surface area contributed by atoms with Gasteiger partial charge in [-0.25, -0.2) is 4.98 Å². The maximum absolute atomic E-state index is 13.3. The monoisotopic (exact) mass is 451 g/mol. The van der Waals surface area contributed by atoms with Crippen molar-refractivity contribution in [1.82, 2.24) is 9.88 Å². The molecule has 0 spiro atoms. The topological polar surface area (TPSA) is 77.3 Å². The first-order chi connectivity index (χ1) is 16.2. The second-order valence-electron chi connectivity index (χ2n) is 8.43. The third-order valence-corrected chi connectivity index (χ3v) is 6.22. The zero-order valence-corrected chi connectivity index (χ0v) is 18.9. The average molecular weight is 452 g/mol. The molecule has 2 aliphatic heterocycles. The number of methoxy groups -OCH3 is 1. The van der Waals surface area contributed by atoms with Crippen molar-refractivity contribution in [3.63, 3.8) is 0 Å². The largest absolute Gasteiger partial charge is 0.497 e. The summed E-state index contributed by atoms with van der Waals surface area (Å²) in [5.74, 6) is 1.84. The standard InChI is InChI=1S/C25H29N3O5/c1-30-20-7-6-18-14-19(24(26-22(18)15-20)27-8-12-31-13-9-27)16-28(17-21-4-2-10-32-21)25(29)23-5-3-11-33-23/h3,5-7,11,14-15,21H,2,4,8-10,12-13,16-17H2,1H3/t21-/m0/s1. The minimum absolute atomic E-state index is 0.0356. The zero-order valence-electron chi connectivity index (χ0n) is 18.9. The molecule has 4 heterocycles. The molecule has 174 valence electrons. The predicted molar refractivity (Wildman–Crippen MR) is 124 cm³/mol. The lowest BCUT2D eigenvalue weighted by Crippen LogP contribution is -2.39. The molecule has 33 heavy (non-hydrogen) atoms. The summed E-state index contributed by atoms with van der Waals surface area (Å²) in [4.78, 5) is 22.4. The highest BCUT2D eigenvalue weighted by Gasteiger charge is 2.27. The Hall–Kier alpha value is -3.10. The van der Waals surface area contributed by atoms with E-state index in [9.17, 15) is 4.79 Å². The molecule has 5 rings (SSSR count). The van der Waals surface area contributed by atoms with E-state index in [2.05, 4.69) is 11.0 Å². The minimum atomic E-state index is -0.141. The fourth-order valence-electron chi connectivity index (χ4n) is 4.49. The predicted octanol–water partition coefficient (Wildman–Crippen LogP) is 3.49. The molecular formula is C25H29N3O5. The van der Waals surface area contributed by atoms with Crippen LogP contribution < -0.4 is 9.64 Å². The fraction of sp³-hybridized carbons (Fsp3) is 0.440. The Labute approximate surface area is 193 Å². The molecule has 1 amide bonds. The number of amides is 1. The number of carbonyl (C=O) groups excluding carboxylic acids is 1. The average Bonchev–Trinajstić information content (AvgIpc) is 3.58. The number of ether oxygens (including phenoxy) is 3. The van der Waals surface area contributed by atoms with Gasteiger partial charge in [0.05, 0.1) is 38.2 Å². The maximum Gasteiger partial charge on any atom is 0.289 e. The van der Waals surface area contributed by atoms with Crippen molar-refractivity contribution in [3.05, 3.63) is 54.0 Å². The smallest absolute Gasteiger partial charge is 0.289 e. The molecule has 8 nitrogen and oxygen atoms in total. The second-order valence-corrected chi connectivity index (χ2v) is 8.43. The van der Waals surface area contributed by atoms with E-state index in [-0.39, 0.29) is 12.0 Å². The molecule has 2 aliphatic rings. The van der Waals surface area contributed by atoms with Gasteiger partial charge in [0.25, 0.3) is 5.91 Å². The molecule has 0 bridgehead atoms. The van der Waals surface area contributed by atoms with Crippen LogP contribution in [0, 0.1) is 0 Å². The molecule has 0 aliphatic carbocycles. The van der Waals surface area contributed by atoms with E-state index in [1.807, 2.05) is 23.1 Å². The van der Waals surface area contributed by atoms with Crippen molar-refractivity contribution in [1.29, 1.82) is 0 Å². The molecule has 0 unspecified atom stereocenters. The van der Waals surface area contributed by atoms with Crippen LogP contribution in [-0.4, -0.2) is 68.5 Å². The molecule has 0 N–H and O–H groups in total. The Morgan fingerprint density at radius 1 is 1.21 bits per heavy atom. The SMILES string of the molecule is COc1ccc2cc(CN(C[C@@H]3CCCO3)C(=O)c3ccco3)c(N3CCOCC3)nc2c1. The first-order valence-corrected chi connectivity index (χ1v) is 11.5. The number of benzene rings is 1. The van der Waals surface area contributed by atoms with Crippen LogP contribution in [0.5, 0.6) is 5.75 Å². The van der Waals surface area contributed by atoms with Crippen LogP contribution in [0.1, 0.15) is 29.0 Å². The van der Waals surface area contributed by atoms with Crippen LogP contribution in [0.25, 0.3) is 10.9 Å². The Morgan fingerprint density at radius 3 is 2.82 bits per heavy atom. The molecule has 2 aromatic heterocycles. The lowest BCUT2D eigenvalue weighted by Gasteiger charge is -2.32. The van der Waals surface area contributed by atoms with E-state index in [0.29, 0.717) is 32.1 Å². The summed E-state index contributed by atoms with van der Waals surface area (Å²) < 4.78 is 22.2. The van der Waals surface area contributed by atoms with Crippen LogP contribution in [0.3, 0.4) is 0 Å². The van der Waals surface area contributed by atoms with E-state index in [1.165, 1.54) is 6.26 Å². The van der Waals surface area contributed by atoms with Crippen LogP contribution in [0.4, 0.5) is 5.82 Å². The number of hydrogen-bond acceptors (Lipinski definition) is 7. The maximum atomic E-state index is 13.3. The normalized spacial score (nSPS) is 18.6. The van der Waals surface area contributed by atoms with E-state index in [1.54, 1.807) is 19.2 Å². The van der Waals surface area contributed by atoms with Crippen LogP contribution in [0.2, 0.25) is 0 Å². The van der Waals surface area contributed by atoms with Gasteiger partial charge in [0, 0.05) is 49.8 Å². The highest BCUT2D eigenvalue weighted by molar-refractivity contribution is 5.91. The Morgan fingerprint density at radius 2 is 2.09 bits per heavy atom. The summed E-state index contributed by atoms with van der Waals surface area (Å²) in [7, 11) is 1.65. The van der Waals surface area contributed by atoms with Crippen molar-refractivity contribution in [2.24, 2.45) is 0 Å². The van der Waals surface area contributed by atoms with Crippen molar-refractivity contribution in [2.45, 2.75) is 25.5 Å². The van der Waals surface area contributed by atoms with Gasteiger partial charge in [0.1, 0.15) is 11.6 Å². The number of rotatable bonds is 7. The van der Waals surface area contributed by atoms with Crippen LogP contribution in [-0.2, 0) is 16.0 Å². The summed E-state index contributed by atoms with van der Waals surface area (Å²) in [5, 5.41) is 1.00. The highest BCUT2D eigenvalue weighted by atomic mass is 16.5. The van der Waals surface area contributed by atoms with Gasteiger partial charge in [-0.1, -0.05) is 0 Å². The number of pyridine rings is 1. The number of furan rings is 1. The molecule has 2 saturated heterocycles. The molecule has 1 atom stereocenters. The van der Waals surface area contributed by atoms with Gasteiger partial charge >= 0.3 is 0 Å². The van der Waals surface area contributed by atoms with Gasteiger partial charge in [-0.2, -0.15) is 0 Å². The summed E-state index contributed by atoms with van der Waals surface area (Å²) >= 11 is 0. The third-order valence-electron chi connectivity index (χ3n) is 6.22. The molecule has 2 fully saturated rings. The van der Waals surface area contributed by atoms with Gasteiger partial charge in [0.15, 0.2) is 5.76 Å². The Balaban J connectivity index is 1.52. The van der Waals surface area contributed by atoms with E-state index < -0.39 is 0 Å². The number of hydrogen-bond donors (Lipinski definition) is 0. The first kappa shape index (κ1) is 21.7. The minimum Gasteiger partial charge on any atom is -0.497 e. The van der Waals surface area contributed by atoms with Crippen molar-refractivity contribution in [3.8, 4) is 5.75 Å². The lowest BCUT2D eigenvalue weighted by atomic mass is 10.1. The molecule has 0 radical (unpaired) electrons. The number of fused-ring (bicyclic) bond motifs is 1. The Kier molecular flexibility index (Phi) is 6.46. The van der Waals surface area contributed by atoms with Crippen LogP contribution in [0.15, 0.2) is 47.1 Å². The molecule has 3 aromatic rings. The van der Waals surface area contributed by atoms with Gasteiger partial charge in [-0.15, -0.1) is 0 Å². The van der Waals surface area contributed by atoms with Crippen LogP contribution >= 0.6 is 0 Å². The molecule has 8 heteroatoms. The quantitative estimate of drug-likeness (QED) is 0.544. The molecule has 0 saturated carbocycles. The van der Waals surface area contributed by atoms with Gasteiger partial charge in [0.2, 0.25) is 0 Å². The first-order valence-electron chi connectivity index (χ1n) is 11.5. The van der Waals surface area contributed by atoms with Crippen molar-refractivity contribution >= 4 is 22.6 Å². The molecular weight excluding hydrogens is 422 g/mol. The number of carbonyl (C=O) groups is 1. The number of aromatic nitrogens is 1. The second kappa shape index (κ2) is 9.80. The van der Waals surface area contributed by atoms with Gasteiger partial charge in [-0.05, 0) is 43.2 Å². The van der Waals surface area contributed by atoms with E-state index >= 15 is 0 Å². The van der Waals surface area contributed by atoms with Crippen molar-refractivity contribution in [2.75, 3.05) is 51.5 Å².